The molecule has 4 rings (SSSR count). The lowest BCUT2D eigenvalue weighted by atomic mass is 9.75. The number of rotatable bonds is 4. The van der Waals surface area contributed by atoms with E-state index in [9.17, 15) is 4.79 Å². The van der Waals surface area contributed by atoms with Gasteiger partial charge >= 0.3 is 0 Å². The summed E-state index contributed by atoms with van der Waals surface area (Å²) in [6.45, 7) is 7.59. The van der Waals surface area contributed by atoms with Crippen molar-refractivity contribution in [2.45, 2.75) is 31.7 Å². The first-order valence-corrected chi connectivity index (χ1v) is 10.1. The SMILES string of the molecule is CCOC[C@H]1CCN(C)C2(C1)CN(C(=O)c1ccc3c(c1)OCCCO3)C2. The highest BCUT2D eigenvalue weighted by molar-refractivity contribution is 5.95. The highest BCUT2D eigenvalue weighted by atomic mass is 16.5. The third-order valence-electron chi connectivity index (χ3n) is 6.16. The maximum atomic E-state index is 13.0. The first-order chi connectivity index (χ1) is 13.1. The van der Waals surface area contributed by atoms with Gasteiger partial charge in [0.25, 0.3) is 5.91 Å². The van der Waals surface area contributed by atoms with Crippen molar-refractivity contribution >= 4 is 5.91 Å². The number of ether oxygens (including phenoxy) is 3. The second-order valence-corrected chi connectivity index (χ2v) is 8.04. The van der Waals surface area contributed by atoms with Gasteiger partial charge in [-0.1, -0.05) is 0 Å². The number of hydrogen-bond donors (Lipinski definition) is 0. The Labute approximate surface area is 161 Å². The van der Waals surface area contributed by atoms with E-state index in [0.717, 1.165) is 51.4 Å². The zero-order chi connectivity index (χ0) is 18.9. The molecule has 2 fully saturated rings. The number of likely N-dealkylation sites (N-methyl/N-ethyl adjacent to an activating group) is 1. The fourth-order valence-electron chi connectivity index (χ4n) is 4.49. The number of likely N-dealkylation sites (tertiary alicyclic amines) is 2. The number of piperidine rings is 1. The molecule has 2 saturated heterocycles. The molecule has 0 N–H and O–H groups in total. The van der Waals surface area contributed by atoms with Gasteiger partial charge < -0.3 is 19.1 Å². The van der Waals surface area contributed by atoms with Gasteiger partial charge in [0.15, 0.2) is 11.5 Å². The van der Waals surface area contributed by atoms with Crippen molar-refractivity contribution in [1.29, 1.82) is 0 Å². The van der Waals surface area contributed by atoms with Crippen molar-refractivity contribution in [2.75, 3.05) is 53.1 Å². The maximum absolute atomic E-state index is 13.0. The zero-order valence-electron chi connectivity index (χ0n) is 16.4. The van der Waals surface area contributed by atoms with Gasteiger partial charge in [-0.2, -0.15) is 0 Å². The van der Waals surface area contributed by atoms with Gasteiger partial charge in [-0.05, 0) is 57.5 Å². The molecule has 3 aliphatic rings. The van der Waals surface area contributed by atoms with Crippen molar-refractivity contribution < 1.29 is 19.0 Å². The molecule has 148 valence electrons. The molecule has 0 saturated carbocycles. The van der Waals surface area contributed by atoms with Crippen LogP contribution in [-0.4, -0.2) is 74.4 Å². The lowest BCUT2D eigenvalue weighted by Gasteiger charge is -2.58. The Bertz CT molecular complexity index is 685. The minimum Gasteiger partial charge on any atom is -0.490 e. The van der Waals surface area contributed by atoms with Gasteiger partial charge in [0, 0.05) is 38.3 Å². The first-order valence-electron chi connectivity index (χ1n) is 10.1. The van der Waals surface area contributed by atoms with Crippen molar-refractivity contribution in [3.05, 3.63) is 23.8 Å². The largest absolute Gasteiger partial charge is 0.490 e. The number of carbonyl (C=O) groups excluding carboxylic acids is 1. The average Bonchev–Trinajstić information content (AvgIpc) is 2.90. The molecular formula is C21H30N2O4. The Morgan fingerprint density at radius 3 is 2.81 bits per heavy atom. The van der Waals surface area contributed by atoms with Crippen LogP contribution in [0.15, 0.2) is 18.2 Å². The van der Waals surface area contributed by atoms with Gasteiger partial charge in [0.1, 0.15) is 0 Å². The number of hydrogen-bond acceptors (Lipinski definition) is 5. The van der Waals surface area contributed by atoms with E-state index in [4.69, 9.17) is 14.2 Å². The van der Waals surface area contributed by atoms with Crippen LogP contribution < -0.4 is 9.47 Å². The fraction of sp³-hybridized carbons (Fsp3) is 0.667. The molecular weight excluding hydrogens is 344 g/mol. The van der Waals surface area contributed by atoms with Crippen LogP contribution in [0.1, 0.15) is 36.5 Å². The zero-order valence-corrected chi connectivity index (χ0v) is 16.4. The smallest absolute Gasteiger partial charge is 0.254 e. The molecule has 3 aliphatic heterocycles. The van der Waals surface area contributed by atoms with Gasteiger partial charge in [-0.15, -0.1) is 0 Å². The monoisotopic (exact) mass is 374 g/mol. The van der Waals surface area contributed by atoms with E-state index in [0.29, 0.717) is 30.4 Å². The summed E-state index contributed by atoms with van der Waals surface area (Å²) in [5.74, 6) is 2.09. The Kier molecular flexibility index (Phi) is 5.28. The molecule has 3 heterocycles. The summed E-state index contributed by atoms with van der Waals surface area (Å²) in [6, 6.07) is 5.54. The van der Waals surface area contributed by atoms with Crippen LogP contribution in [0.2, 0.25) is 0 Å². The molecule has 6 heteroatoms. The Hall–Kier alpha value is -1.79. The summed E-state index contributed by atoms with van der Waals surface area (Å²) in [5, 5.41) is 0. The quantitative estimate of drug-likeness (QED) is 0.810. The predicted octanol–water partition coefficient (Wildman–Crippen LogP) is 2.42. The van der Waals surface area contributed by atoms with Crippen LogP contribution in [0.3, 0.4) is 0 Å². The Balaban J connectivity index is 1.41. The fourth-order valence-corrected chi connectivity index (χ4v) is 4.49. The van der Waals surface area contributed by atoms with E-state index in [-0.39, 0.29) is 11.4 Å². The second kappa shape index (κ2) is 7.68. The number of amides is 1. The van der Waals surface area contributed by atoms with Crippen LogP contribution in [0.5, 0.6) is 11.5 Å². The summed E-state index contributed by atoms with van der Waals surface area (Å²) in [7, 11) is 2.19. The van der Waals surface area contributed by atoms with Crippen LogP contribution >= 0.6 is 0 Å². The van der Waals surface area contributed by atoms with Gasteiger partial charge in [0.05, 0.1) is 18.8 Å². The molecule has 1 amide bonds. The van der Waals surface area contributed by atoms with E-state index in [2.05, 4.69) is 11.9 Å². The highest BCUT2D eigenvalue weighted by Crippen LogP contribution is 2.39. The molecule has 1 aromatic carbocycles. The van der Waals surface area contributed by atoms with Crippen LogP contribution in [-0.2, 0) is 4.74 Å². The van der Waals surface area contributed by atoms with Crippen molar-refractivity contribution in [3.63, 3.8) is 0 Å². The van der Waals surface area contributed by atoms with Crippen molar-refractivity contribution in [3.8, 4) is 11.5 Å². The van der Waals surface area contributed by atoms with E-state index >= 15 is 0 Å². The Morgan fingerprint density at radius 1 is 1.26 bits per heavy atom. The summed E-state index contributed by atoms with van der Waals surface area (Å²) in [5.41, 5.74) is 0.791. The maximum Gasteiger partial charge on any atom is 0.254 e. The Morgan fingerprint density at radius 2 is 2.04 bits per heavy atom. The molecule has 0 bridgehead atoms. The van der Waals surface area contributed by atoms with Crippen molar-refractivity contribution in [1.82, 2.24) is 9.80 Å². The molecule has 27 heavy (non-hydrogen) atoms. The normalized spacial score (nSPS) is 24.4. The molecule has 1 spiro atoms. The summed E-state index contributed by atoms with van der Waals surface area (Å²) in [6.07, 6.45) is 3.14. The summed E-state index contributed by atoms with van der Waals surface area (Å²) in [4.78, 5) is 17.4. The first kappa shape index (κ1) is 18.6. The molecule has 6 nitrogen and oxygen atoms in total. The number of nitrogens with zero attached hydrogens (tertiary/aromatic N) is 2. The molecule has 0 aromatic heterocycles. The third kappa shape index (κ3) is 3.65. The van der Waals surface area contributed by atoms with Crippen LogP contribution in [0, 0.1) is 5.92 Å². The molecule has 1 atom stereocenters. The van der Waals surface area contributed by atoms with Crippen molar-refractivity contribution in [2.24, 2.45) is 5.92 Å². The van der Waals surface area contributed by atoms with Gasteiger partial charge in [-0.3, -0.25) is 9.69 Å². The molecule has 1 aromatic rings. The second-order valence-electron chi connectivity index (χ2n) is 8.04. The minimum absolute atomic E-state index is 0.0802. The predicted molar refractivity (Wildman–Crippen MR) is 103 cm³/mol. The standard InChI is InChI=1S/C21H30N2O4/c1-3-25-13-16-7-8-22(2)21(12-16)14-23(15-21)20(24)17-5-6-18-19(11-17)27-10-4-9-26-18/h5-6,11,16H,3-4,7-10,12-15H2,1-2H3/t16-/m0/s1. The lowest BCUT2D eigenvalue weighted by Crippen LogP contribution is -2.72. The minimum atomic E-state index is 0.0802. The van der Waals surface area contributed by atoms with E-state index in [1.807, 2.05) is 30.0 Å². The summed E-state index contributed by atoms with van der Waals surface area (Å²) < 4.78 is 17.0. The molecule has 0 unspecified atom stereocenters. The van der Waals surface area contributed by atoms with Crippen LogP contribution in [0.25, 0.3) is 0 Å². The lowest BCUT2D eigenvalue weighted by molar-refractivity contribution is -0.0751. The average molecular weight is 374 g/mol. The van der Waals surface area contributed by atoms with E-state index in [1.165, 1.54) is 6.42 Å². The number of carbonyl (C=O) groups is 1. The van der Waals surface area contributed by atoms with Crippen LogP contribution in [0.4, 0.5) is 0 Å². The van der Waals surface area contributed by atoms with Gasteiger partial charge in [-0.25, -0.2) is 0 Å². The van der Waals surface area contributed by atoms with E-state index < -0.39 is 0 Å². The van der Waals surface area contributed by atoms with Gasteiger partial charge in [0.2, 0.25) is 0 Å². The number of benzene rings is 1. The third-order valence-corrected chi connectivity index (χ3v) is 6.16. The molecule has 0 radical (unpaired) electrons. The highest BCUT2D eigenvalue weighted by Gasteiger charge is 2.51. The van der Waals surface area contributed by atoms with E-state index in [1.54, 1.807) is 0 Å². The number of fused-ring (bicyclic) bond motifs is 1. The summed E-state index contributed by atoms with van der Waals surface area (Å²) >= 11 is 0. The molecule has 0 aliphatic carbocycles. The topological polar surface area (TPSA) is 51.2 Å².